The first-order valence-corrected chi connectivity index (χ1v) is 8.46. The van der Waals surface area contributed by atoms with Gasteiger partial charge in [0.1, 0.15) is 5.75 Å². The maximum absolute atomic E-state index is 11.8. The van der Waals surface area contributed by atoms with E-state index in [9.17, 15) is 4.79 Å². The molecule has 26 heavy (non-hydrogen) atoms. The zero-order valence-electron chi connectivity index (χ0n) is 14.9. The highest BCUT2D eigenvalue weighted by Gasteiger charge is 2.11. The minimum atomic E-state index is -0.191. The van der Waals surface area contributed by atoms with E-state index in [4.69, 9.17) is 9.15 Å². The van der Waals surface area contributed by atoms with Gasteiger partial charge in [0.05, 0.1) is 0 Å². The predicted molar refractivity (Wildman–Crippen MR) is 97.9 cm³/mol. The molecule has 0 unspecified atom stereocenters. The summed E-state index contributed by atoms with van der Waals surface area (Å²) in [5.41, 5.74) is 3.14. The van der Waals surface area contributed by atoms with Gasteiger partial charge in [0.15, 0.2) is 6.61 Å². The number of rotatable bonds is 7. The lowest BCUT2D eigenvalue weighted by Gasteiger charge is -2.06. The molecule has 0 aliphatic rings. The number of carbonyl (C=O) groups excluding carboxylic acids is 1. The van der Waals surface area contributed by atoms with Crippen molar-refractivity contribution in [2.75, 3.05) is 13.2 Å². The molecular formula is C20H21N3O3. The maximum atomic E-state index is 11.8. The SMILES string of the molecule is Cc1ccc(OCC(=O)NCCc2nnc(-c3ccccc3C)o2)cc1. The van der Waals surface area contributed by atoms with Gasteiger partial charge in [-0.1, -0.05) is 35.9 Å². The van der Waals surface area contributed by atoms with Crippen LogP contribution in [0, 0.1) is 13.8 Å². The van der Waals surface area contributed by atoms with Crippen LogP contribution in [0.15, 0.2) is 52.9 Å². The minimum absolute atomic E-state index is 0.0264. The third-order valence-electron chi connectivity index (χ3n) is 3.89. The van der Waals surface area contributed by atoms with Crippen molar-refractivity contribution in [3.05, 3.63) is 65.5 Å². The van der Waals surface area contributed by atoms with Crippen LogP contribution in [-0.4, -0.2) is 29.3 Å². The highest BCUT2D eigenvalue weighted by atomic mass is 16.5. The lowest BCUT2D eigenvalue weighted by Crippen LogP contribution is -2.30. The van der Waals surface area contributed by atoms with Crippen LogP contribution < -0.4 is 10.1 Å². The zero-order chi connectivity index (χ0) is 18.4. The average Bonchev–Trinajstić information content (AvgIpc) is 3.10. The Morgan fingerprint density at radius 1 is 1.08 bits per heavy atom. The largest absolute Gasteiger partial charge is 0.484 e. The van der Waals surface area contributed by atoms with Crippen LogP contribution in [-0.2, 0) is 11.2 Å². The van der Waals surface area contributed by atoms with Crippen LogP contribution in [0.3, 0.4) is 0 Å². The summed E-state index contributed by atoms with van der Waals surface area (Å²) in [6.45, 7) is 4.37. The Balaban J connectivity index is 1.44. The maximum Gasteiger partial charge on any atom is 0.257 e. The van der Waals surface area contributed by atoms with Gasteiger partial charge in [0, 0.05) is 18.5 Å². The molecule has 1 N–H and O–H groups in total. The number of aryl methyl sites for hydroxylation is 2. The standard InChI is InChI=1S/C20H21N3O3/c1-14-7-9-16(10-8-14)25-13-18(24)21-12-11-19-22-23-20(26-19)17-6-4-3-5-15(17)2/h3-10H,11-13H2,1-2H3,(H,21,24). The van der Waals surface area contributed by atoms with Gasteiger partial charge >= 0.3 is 0 Å². The molecule has 0 radical (unpaired) electrons. The Bertz CT molecular complexity index is 872. The molecule has 0 saturated heterocycles. The van der Waals surface area contributed by atoms with Gasteiger partial charge in [-0.2, -0.15) is 0 Å². The summed E-state index contributed by atoms with van der Waals surface area (Å²) < 4.78 is 11.1. The summed E-state index contributed by atoms with van der Waals surface area (Å²) >= 11 is 0. The number of amides is 1. The molecule has 6 nitrogen and oxygen atoms in total. The summed E-state index contributed by atoms with van der Waals surface area (Å²) in [6, 6.07) is 15.4. The van der Waals surface area contributed by atoms with Gasteiger partial charge < -0.3 is 14.5 Å². The summed E-state index contributed by atoms with van der Waals surface area (Å²) in [4.78, 5) is 11.8. The minimum Gasteiger partial charge on any atom is -0.484 e. The number of ether oxygens (including phenoxy) is 1. The molecule has 1 amide bonds. The molecule has 1 aromatic heterocycles. The molecule has 0 spiro atoms. The van der Waals surface area contributed by atoms with E-state index in [2.05, 4.69) is 15.5 Å². The summed E-state index contributed by atoms with van der Waals surface area (Å²) in [5, 5.41) is 10.9. The fraction of sp³-hybridized carbons (Fsp3) is 0.250. The number of carbonyl (C=O) groups is 1. The fourth-order valence-electron chi connectivity index (χ4n) is 2.42. The van der Waals surface area contributed by atoms with Crippen molar-refractivity contribution in [2.24, 2.45) is 0 Å². The monoisotopic (exact) mass is 351 g/mol. The number of hydrogen-bond acceptors (Lipinski definition) is 5. The molecule has 0 atom stereocenters. The molecule has 0 aliphatic carbocycles. The fourth-order valence-corrected chi connectivity index (χ4v) is 2.42. The molecule has 134 valence electrons. The first-order chi connectivity index (χ1) is 12.6. The van der Waals surface area contributed by atoms with Crippen molar-refractivity contribution < 1.29 is 13.9 Å². The van der Waals surface area contributed by atoms with Gasteiger partial charge in [0.2, 0.25) is 11.8 Å². The van der Waals surface area contributed by atoms with Crippen molar-refractivity contribution in [2.45, 2.75) is 20.3 Å². The second-order valence-electron chi connectivity index (χ2n) is 6.02. The Morgan fingerprint density at radius 2 is 1.85 bits per heavy atom. The van der Waals surface area contributed by atoms with Gasteiger partial charge in [-0.15, -0.1) is 10.2 Å². The van der Waals surface area contributed by atoms with Crippen LogP contribution in [0.25, 0.3) is 11.5 Å². The third-order valence-corrected chi connectivity index (χ3v) is 3.89. The molecule has 3 aromatic rings. The van der Waals surface area contributed by atoms with Crippen molar-refractivity contribution in [3.63, 3.8) is 0 Å². The van der Waals surface area contributed by atoms with E-state index >= 15 is 0 Å². The third kappa shape index (κ3) is 4.69. The Hall–Kier alpha value is -3.15. The van der Waals surface area contributed by atoms with Crippen LogP contribution in [0.2, 0.25) is 0 Å². The molecule has 3 rings (SSSR count). The second kappa shape index (κ2) is 8.29. The number of benzene rings is 2. The lowest BCUT2D eigenvalue weighted by atomic mass is 10.1. The molecular weight excluding hydrogens is 330 g/mol. The number of aromatic nitrogens is 2. The van der Waals surface area contributed by atoms with Gasteiger partial charge in [-0.3, -0.25) is 4.79 Å². The van der Waals surface area contributed by atoms with Crippen molar-refractivity contribution in [3.8, 4) is 17.2 Å². The predicted octanol–water partition coefficient (Wildman–Crippen LogP) is 3.09. The number of hydrogen-bond donors (Lipinski definition) is 1. The summed E-state index contributed by atoms with van der Waals surface area (Å²) in [6.07, 6.45) is 0.467. The summed E-state index contributed by atoms with van der Waals surface area (Å²) in [7, 11) is 0. The molecule has 0 bridgehead atoms. The smallest absolute Gasteiger partial charge is 0.257 e. The molecule has 2 aromatic carbocycles. The van der Waals surface area contributed by atoms with Crippen LogP contribution in [0.5, 0.6) is 5.75 Å². The average molecular weight is 351 g/mol. The first-order valence-electron chi connectivity index (χ1n) is 8.46. The van der Waals surface area contributed by atoms with E-state index in [-0.39, 0.29) is 12.5 Å². The van der Waals surface area contributed by atoms with E-state index in [1.54, 1.807) is 0 Å². The van der Waals surface area contributed by atoms with Gasteiger partial charge in [-0.25, -0.2) is 0 Å². The highest BCUT2D eigenvalue weighted by Crippen LogP contribution is 2.21. The number of nitrogens with one attached hydrogen (secondary N) is 1. The van der Waals surface area contributed by atoms with E-state index in [0.29, 0.717) is 30.5 Å². The van der Waals surface area contributed by atoms with Crippen LogP contribution >= 0.6 is 0 Å². The molecule has 0 fully saturated rings. The Kier molecular flexibility index (Phi) is 5.63. The zero-order valence-corrected chi connectivity index (χ0v) is 14.9. The first kappa shape index (κ1) is 17.7. The van der Waals surface area contributed by atoms with E-state index < -0.39 is 0 Å². The second-order valence-corrected chi connectivity index (χ2v) is 6.02. The van der Waals surface area contributed by atoms with E-state index in [0.717, 1.165) is 16.7 Å². The topological polar surface area (TPSA) is 77.2 Å². The molecule has 1 heterocycles. The quantitative estimate of drug-likeness (QED) is 0.708. The molecule has 0 saturated carbocycles. The van der Waals surface area contributed by atoms with E-state index in [1.165, 1.54) is 0 Å². The van der Waals surface area contributed by atoms with Gasteiger partial charge in [-0.05, 0) is 37.6 Å². The van der Waals surface area contributed by atoms with E-state index in [1.807, 2.05) is 62.4 Å². The number of nitrogens with zero attached hydrogens (tertiary/aromatic N) is 2. The van der Waals surface area contributed by atoms with Crippen LogP contribution in [0.1, 0.15) is 17.0 Å². The van der Waals surface area contributed by atoms with Crippen molar-refractivity contribution in [1.82, 2.24) is 15.5 Å². The van der Waals surface area contributed by atoms with Crippen molar-refractivity contribution in [1.29, 1.82) is 0 Å². The van der Waals surface area contributed by atoms with Gasteiger partial charge in [0.25, 0.3) is 5.91 Å². The van der Waals surface area contributed by atoms with Crippen molar-refractivity contribution >= 4 is 5.91 Å². The summed E-state index contributed by atoms with van der Waals surface area (Å²) in [5.74, 6) is 1.46. The lowest BCUT2D eigenvalue weighted by molar-refractivity contribution is -0.123. The normalized spacial score (nSPS) is 10.5. The Labute approximate surface area is 152 Å². The molecule has 0 aliphatic heterocycles. The Morgan fingerprint density at radius 3 is 2.62 bits per heavy atom. The highest BCUT2D eigenvalue weighted by molar-refractivity contribution is 5.77. The van der Waals surface area contributed by atoms with Crippen LogP contribution in [0.4, 0.5) is 0 Å². The molecule has 6 heteroatoms.